The average molecular weight is 249 g/mol. The molecule has 4 nitrogen and oxygen atoms in total. The van der Waals surface area contributed by atoms with Crippen LogP contribution in [-0.2, 0) is 23.1 Å². The highest BCUT2D eigenvalue weighted by Gasteiger charge is 2.20. The molecule has 0 amide bonds. The molecule has 0 spiro atoms. The highest BCUT2D eigenvalue weighted by molar-refractivity contribution is 7.89. The Bertz CT molecular complexity index is 423. The van der Waals surface area contributed by atoms with Crippen molar-refractivity contribution in [1.29, 1.82) is 0 Å². The van der Waals surface area contributed by atoms with E-state index in [0.29, 0.717) is 12.0 Å². The zero-order chi connectivity index (χ0) is 11.5. The first-order chi connectivity index (χ1) is 7.00. The summed E-state index contributed by atoms with van der Waals surface area (Å²) in [5, 5.41) is 15.8. The van der Waals surface area contributed by atoms with Crippen molar-refractivity contribution in [1.82, 2.24) is 0 Å². The Kier molecular flexibility index (Phi) is 4.27. The van der Waals surface area contributed by atoms with E-state index in [4.69, 9.17) is 10.2 Å². The summed E-state index contributed by atoms with van der Waals surface area (Å²) in [5.41, 5.74) is 0.411. The van der Waals surface area contributed by atoms with Crippen molar-refractivity contribution in [2.45, 2.75) is 37.7 Å². The Morgan fingerprint density at radius 3 is 2.67 bits per heavy atom. The van der Waals surface area contributed by atoms with Crippen molar-refractivity contribution >= 4 is 21.4 Å². The average Bonchev–Trinajstić information content (AvgIpc) is 2.56. The lowest BCUT2D eigenvalue weighted by Gasteiger charge is -2.03. The van der Waals surface area contributed by atoms with Gasteiger partial charge in [0, 0.05) is 10.4 Å². The van der Waals surface area contributed by atoms with Crippen molar-refractivity contribution < 1.29 is 13.5 Å². The molecule has 3 N–H and O–H groups in total. The third-order valence-electron chi connectivity index (χ3n) is 2.10. The van der Waals surface area contributed by atoms with Crippen LogP contribution in [0.25, 0.3) is 0 Å². The molecule has 0 aliphatic heterocycles. The molecule has 0 aliphatic carbocycles. The van der Waals surface area contributed by atoms with Gasteiger partial charge in [0.05, 0.1) is 6.61 Å². The first-order valence-electron chi connectivity index (χ1n) is 4.73. The Hall–Kier alpha value is -0.430. The van der Waals surface area contributed by atoms with Crippen LogP contribution in [0, 0.1) is 0 Å². The lowest BCUT2D eigenvalue weighted by atomic mass is 10.2. The van der Waals surface area contributed by atoms with Crippen molar-refractivity contribution in [2.75, 3.05) is 0 Å². The highest BCUT2D eigenvalue weighted by atomic mass is 32.2. The number of nitrogens with two attached hydrogens (primary N) is 1. The van der Waals surface area contributed by atoms with Gasteiger partial charge in [0.2, 0.25) is 10.0 Å². The summed E-state index contributed by atoms with van der Waals surface area (Å²) in [4.78, 5) is 0.881. The summed E-state index contributed by atoms with van der Waals surface area (Å²) in [7, 11) is -3.71. The van der Waals surface area contributed by atoms with E-state index >= 15 is 0 Å². The molecule has 0 bridgehead atoms. The van der Waals surface area contributed by atoms with Gasteiger partial charge in [0.1, 0.15) is 4.90 Å². The minimum Gasteiger partial charge on any atom is -0.392 e. The molecule has 1 rings (SSSR count). The molecule has 1 heterocycles. The van der Waals surface area contributed by atoms with Gasteiger partial charge in [0.15, 0.2) is 0 Å². The number of unbranched alkanes of at least 4 members (excludes halogenated alkanes) is 1. The van der Waals surface area contributed by atoms with E-state index in [-0.39, 0.29) is 11.5 Å². The van der Waals surface area contributed by atoms with Gasteiger partial charge in [-0.1, -0.05) is 13.3 Å². The molecule has 0 saturated carbocycles. The fourth-order valence-corrected chi connectivity index (χ4v) is 3.84. The molecule has 1 aromatic rings. The fraction of sp³-hybridized carbons (Fsp3) is 0.556. The predicted molar refractivity (Wildman–Crippen MR) is 60.2 cm³/mol. The molecule has 1 aromatic heterocycles. The zero-order valence-corrected chi connectivity index (χ0v) is 10.2. The van der Waals surface area contributed by atoms with Crippen molar-refractivity contribution in [3.8, 4) is 0 Å². The second-order valence-electron chi connectivity index (χ2n) is 3.32. The fourth-order valence-electron chi connectivity index (χ4n) is 1.39. The molecule has 0 aromatic carbocycles. The summed E-state index contributed by atoms with van der Waals surface area (Å²) in [6, 6.07) is 0. The molecule has 6 heteroatoms. The quantitative estimate of drug-likeness (QED) is 0.823. The van der Waals surface area contributed by atoms with Gasteiger partial charge < -0.3 is 5.11 Å². The summed E-state index contributed by atoms with van der Waals surface area (Å²) in [6.45, 7) is 1.76. The third-order valence-corrected chi connectivity index (χ3v) is 4.40. The molecule has 0 saturated heterocycles. The Morgan fingerprint density at radius 2 is 2.20 bits per heavy atom. The molecule has 0 aliphatic rings. The first kappa shape index (κ1) is 12.6. The summed E-state index contributed by atoms with van der Waals surface area (Å²) >= 11 is 1.35. The Balaban J connectivity index is 3.12. The molecule has 86 valence electrons. The van der Waals surface area contributed by atoms with Crippen molar-refractivity contribution in [3.05, 3.63) is 15.8 Å². The SMILES string of the molecule is CCCCc1scc(CO)c1S(N)(=O)=O. The normalized spacial score (nSPS) is 11.9. The number of hydrogen-bond donors (Lipinski definition) is 2. The molecule has 0 unspecified atom stereocenters. The van der Waals surface area contributed by atoms with E-state index in [1.54, 1.807) is 5.38 Å². The largest absolute Gasteiger partial charge is 0.392 e. The lowest BCUT2D eigenvalue weighted by Crippen LogP contribution is -2.15. The monoisotopic (exact) mass is 249 g/mol. The van der Waals surface area contributed by atoms with Gasteiger partial charge in [-0.15, -0.1) is 11.3 Å². The second kappa shape index (κ2) is 5.07. The molecule has 15 heavy (non-hydrogen) atoms. The molecule has 0 atom stereocenters. The van der Waals surface area contributed by atoms with Gasteiger partial charge in [-0.25, -0.2) is 13.6 Å². The first-order valence-corrected chi connectivity index (χ1v) is 7.16. The van der Waals surface area contributed by atoms with Gasteiger partial charge in [0.25, 0.3) is 0 Å². The van der Waals surface area contributed by atoms with Crippen LogP contribution in [0.4, 0.5) is 0 Å². The van der Waals surface area contributed by atoms with Gasteiger partial charge in [-0.2, -0.15) is 0 Å². The molecule has 0 radical (unpaired) electrons. The molecular formula is C9H15NO3S2. The van der Waals surface area contributed by atoms with Gasteiger partial charge in [-0.05, 0) is 18.2 Å². The minimum atomic E-state index is -3.71. The van der Waals surface area contributed by atoms with Crippen molar-refractivity contribution in [3.63, 3.8) is 0 Å². The van der Waals surface area contributed by atoms with Gasteiger partial charge in [-0.3, -0.25) is 0 Å². The summed E-state index contributed by atoms with van der Waals surface area (Å²) < 4.78 is 22.7. The summed E-state index contributed by atoms with van der Waals surface area (Å²) in [6.07, 6.45) is 2.62. The predicted octanol–water partition coefficient (Wildman–Crippen LogP) is 1.23. The zero-order valence-electron chi connectivity index (χ0n) is 8.56. The van der Waals surface area contributed by atoms with E-state index in [1.165, 1.54) is 11.3 Å². The topological polar surface area (TPSA) is 80.4 Å². The number of rotatable bonds is 5. The van der Waals surface area contributed by atoms with E-state index < -0.39 is 10.0 Å². The Labute approximate surface area is 93.8 Å². The standard InChI is InChI=1S/C9H15NO3S2/c1-2-3-4-8-9(15(10,12)13)7(5-11)6-14-8/h6,11H,2-5H2,1H3,(H2,10,12,13). The summed E-state index contributed by atoms with van der Waals surface area (Å²) in [5.74, 6) is 0. The number of thiophene rings is 1. The van der Waals surface area contributed by atoms with E-state index in [9.17, 15) is 8.42 Å². The van der Waals surface area contributed by atoms with Gasteiger partial charge >= 0.3 is 0 Å². The van der Waals surface area contributed by atoms with Crippen LogP contribution >= 0.6 is 11.3 Å². The van der Waals surface area contributed by atoms with E-state index in [0.717, 1.165) is 17.7 Å². The molecular weight excluding hydrogens is 234 g/mol. The van der Waals surface area contributed by atoms with Crippen LogP contribution in [0.1, 0.15) is 30.2 Å². The number of hydrogen-bond acceptors (Lipinski definition) is 4. The maximum atomic E-state index is 11.3. The lowest BCUT2D eigenvalue weighted by molar-refractivity contribution is 0.279. The number of aliphatic hydroxyl groups excluding tert-OH is 1. The minimum absolute atomic E-state index is 0.128. The smallest absolute Gasteiger partial charge is 0.239 e. The van der Waals surface area contributed by atoms with Crippen LogP contribution in [0.3, 0.4) is 0 Å². The maximum absolute atomic E-state index is 11.3. The van der Waals surface area contributed by atoms with Crippen LogP contribution in [0.15, 0.2) is 10.3 Å². The Morgan fingerprint density at radius 1 is 1.53 bits per heavy atom. The van der Waals surface area contributed by atoms with E-state index in [1.807, 2.05) is 6.92 Å². The van der Waals surface area contributed by atoms with Crippen LogP contribution in [0.2, 0.25) is 0 Å². The number of aryl methyl sites for hydroxylation is 1. The number of primary sulfonamides is 1. The number of sulfonamides is 1. The highest BCUT2D eigenvalue weighted by Crippen LogP contribution is 2.27. The van der Waals surface area contributed by atoms with Crippen LogP contribution < -0.4 is 5.14 Å². The number of aliphatic hydroxyl groups is 1. The van der Waals surface area contributed by atoms with E-state index in [2.05, 4.69) is 0 Å². The van der Waals surface area contributed by atoms with Crippen LogP contribution in [0.5, 0.6) is 0 Å². The van der Waals surface area contributed by atoms with Crippen LogP contribution in [-0.4, -0.2) is 13.5 Å². The molecule has 0 fully saturated rings. The second-order valence-corrected chi connectivity index (χ2v) is 5.78. The maximum Gasteiger partial charge on any atom is 0.239 e. The van der Waals surface area contributed by atoms with Crippen molar-refractivity contribution in [2.24, 2.45) is 5.14 Å². The third kappa shape index (κ3) is 3.01.